The number of aliphatic hydroxyl groups is 1. The number of pyridine rings is 1. The Bertz CT molecular complexity index is 746. The predicted octanol–water partition coefficient (Wildman–Crippen LogP) is 0.633. The van der Waals surface area contributed by atoms with E-state index < -0.39 is 0 Å². The minimum atomic E-state index is -0.257. The van der Waals surface area contributed by atoms with Crippen molar-refractivity contribution in [2.75, 3.05) is 26.2 Å². The second-order valence-electron chi connectivity index (χ2n) is 8.26. The largest absolute Gasteiger partial charge is 0.483 e. The SMILES string of the molecule is O=C(CCn1ccccc1=O)N1C[C@H]2C[C@@H](N3CCCC3)[C@H](O)C[C@H]2C1.O=CO. The highest BCUT2D eigenvalue weighted by atomic mass is 16.3. The van der Waals surface area contributed by atoms with E-state index in [1.807, 2.05) is 11.0 Å². The van der Waals surface area contributed by atoms with Crippen LogP contribution in [-0.4, -0.2) is 75.3 Å². The number of aliphatic hydroxyl groups excluding tert-OH is 1. The van der Waals surface area contributed by atoms with Crippen LogP contribution in [0.5, 0.6) is 0 Å². The van der Waals surface area contributed by atoms with E-state index >= 15 is 0 Å². The molecular formula is C21H31N3O5. The molecule has 2 aliphatic heterocycles. The maximum atomic E-state index is 12.6. The molecule has 4 atom stereocenters. The fourth-order valence-corrected chi connectivity index (χ4v) is 5.10. The Labute approximate surface area is 170 Å². The van der Waals surface area contributed by atoms with Gasteiger partial charge in [-0.15, -0.1) is 0 Å². The lowest BCUT2D eigenvalue weighted by atomic mass is 9.77. The van der Waals surface area contributed by atoms with Gasteiger partial charge in [-0.05, 0) is 56.7 Å². The molecule has 0 unspecified atom stereocenters. The first kappa shape index (κ1) is 21.5. The Morgan fingerprint density at radius 2 is 1.79 bits per heavy atom. The molecule has 3 fully saturated rings. The van der Waals surface area contributed by atoms with Gasteiger partial charge in [0, 0.05) is 44.4 Å². The van der Waals surface area contributed by atoms with Gasteiger partial charge >= 0.3 is 0 Å². The third-order valence-corrected chi connectivity index (χ3v) is 6.54. The molecule has 160 valence electrons. The first-order valence-corrected chi connectivity index (χ1v) is 10.5. The molecule has 1 saturated carbocycles. The summed E-state index contributed by atoms with van der Waals surface area (Å²) in [5.41, 5.74) is -0.0630. The van der Waals surface area contributed by atoms with Crippen LogP contribution < -0.4 is 5.56 Å². The highest BCUT2D eigenvalue weighted by Gasteiger charge is 2.44. The summed E-state index contributed by atoms with van der Waals surface area (Å²) in [6, 6.07) is 5.33. The second kappa shape index (κ2) is 10.0. The number of hydrogen-bond acceptors (Lipinski definition) is 5. The number of carbonyl (C=O) groups excluding carboxylic acids is 1. The van der Waals surface area contributed by atoms with Gasteiger partial charge in [0.15, 0.2) is 0 Å². The van der Waals surface area contributed by atoms with Gasteiger partial charge in [-0.25, -0.2) is 0 Å². The van der Waals surface area contributed by atoms with Crippen molar-refractivity contribution in [1.29, 1.82) is 0 Å². The van der Waals surface area contributed by atoms with E-state index in [1.165, 1.54) is 18.9 Å². The summed E-state index contributed by atoms with van der Waals surface area (Å²) >= 11 is 0. The van der Waals surface area contributed by atoms with Crippen molar-refractivity contribution in [2.24, 2.45) is 11.8 Å². The number of fused-ring (bicyclic) bond motifs is 1. The van der Waals surface area contributed by atoms with Gasteiger partial charge in [-0.2, -0.15) is 0 Å². The fourth-order valence-electron chi connectivity index (χ4n) is 5.10. The summed E-state index contributed by atoms with van der Waals surface area (Å²) < 4.78 is 1.59. The zero-order chi connectivity index (χ0) is 20.8. The second-order valence-corrected chi connectivity index (χ2v) is 8.26. The quantitative estimate of drug-likeness (QED) is 0.713. The summed E-state index contributed by atoms with van der Waals surface area (Å²) in [6.07, 6.45) is 6.13. The third-order valence-electron chi connectivity index (χ3n) is 6.54. The highest BCUT2D eigenvalue weighted by molar-refractivity contribution is 5.76. The number of amides is 1. The summed E-state index contributed by atoms with van der Waals surface area (Å²) in [7, 11) is 0. The number of hydrogen-bond donors (Lipinski definition) is 2. The number of likely N-dealkylation sites (tertiary alicyclic amines) is 2. The number of aryl methyl sites for hydroxylation is 1. The Hall–Kier alpha value is -2.19. The standard InChI is InChI=1S/C20H29N3O3.CH2O2/c24-18-12-16-14-23(13-15(16)11-17(18)21-7-3-4-8-21)20(26)6-10-22-9-2-1-5-19(22)25;2-1-3/h1-2,5,9,15-18,24H,3-4,6-8,10-14H2;1H,(H,2,3)/t15-,16+,17-,18-;/m1./s1. The van der Waals surface area contributed by atoms with Crippen LogP contribution in [0.3, 0.4) is 0 Å². The lowest BCUT2D eigenvalue weighted by molar-refractivity contribution is -0.130. The van der Waals surface area contributed by atoms with Crippen molar-refractivity contribution >= 4 is 12.4 Å². The van der Waals surface area contributed by atoms with Crippen molar-refractivity contribution < 1.29 is 19.8 Å². The molecule has 2 N–H and O–H groups in total. The van der Waals surface area contributed by atoms with Crippen molar-refractivity contribution in [3.63, 3.8) is 0 Å². The molecule has 1 amide bonds. The average molecular weight is 405 g/mol. The van der Waals surface area contributed by atoms with Gasteiger partial charge in [0.05, 0.1) is 6.10 Å². The van der Waals surface area contributed by atoms with Crippen LogP contribution in [0, 0.1) is 11.8 Å². The first-order valence-electron chi connectivity index (χ1n) is 10.5. The molecule has 8 nitrogen and oxygen atoms in total. The lowest BCUT2D eigenvalue weighted by Crippen LogP contribution is -2.48. The fraction of sp³-hybridized carbons (Fsp3) is 0.667. The van der Waals surface area contributed by atoms with E-state index in [9.17, 15) is 14.7 Å². The van der Waals surface area contributed by atoms with E-state index in [4.69, 9.17) is 9.90 Å². The number of carboxylic acid groups (broad SMARTS) is 1. The third kappa shape index (κ3) is 5.25. The van der Waals surface area contributed by atoms with Crippen LogP contribution in [0.2, 0.25) is 0 Å². The minimum Gasteiger partial charge on any atom is -0.483 e. The molecule has 3 aliphatic rings. The maximum absolute atomic E-state index is 12.6. The minimum absolute atomic E-state index is 0.0630. The van der Waals surface area contributed by atoms with Crippen LogP contribution in [0.25, 0.3) is 0 Å². The molecule has 1 aromatic heterocycles. The van der Waals surface area contributed by atoms with E-state index in [2.05, 4.69) is 4.90 Å². The number of aromatic nitrogens is 1. The molecule has 4 rings (SSSR count). The number of rotatable bonds is 4. The zero-order valence-corrected chi connectivity index (χ0v) is 16.7. The van der Waals surface area contributed by atoms with Gasteiger partial charge in [0.25, 0.3) is 12.0 Å². The van der Waals surface area contributed by atoms with Crippen molar-refractivity contribution in [3.05, 3.63) is 34.7 Å². The zero-order valence-electron chi connectivity index (χ0n) is 16.7. The topological polar surface area (TPSA) is 103 Å². The molecule has 29 heavy (non-hydrogen) atoms. The van der Waals surface area contributed by atoms with Crippen molar-refractivity contribution in [2.45, 2.75) is 50.8 Å². The van der Waals surface area contributed by atoms with Gasteiger partial charge in [-0.3, -0.25) is 19.3 Å². The Kier molecular flexibility index (Phi) is 7.44. The summed E-state index contributed by atoms with van der Waals surface area (Å²) in [4.78, 5) is 37.2. The summed E-state index contributed by atoms with van der Waals surface area (Å²) in [5, 5.41) is 17.5. The van der Waals surface area contributed by atoms with Crippen LogP contribution in [-0.2, 0) is 16.1 Å². The summed E-state index contributed by atoms with van der Waals surface area (Å²) in [5.74, 6) is 1.06. The Morgan fingerprint density at radius 3 is 2.45 bits per heavy atom. The molecule has 3 heterocycles. The maximum Gasteiger partial charge on any atom is 0.290 e. The molecule has 1 aliphatic carbocycles. The van der Waals surface area contributed by atoms with Crippen molar-refractivity contribution in [3.8, 4) is 0 Å². The van der Waals surface area contributed by atoms with Gasteiger partial charge in [-0.1, -0.05) is 6.07 Å². The smallest absolute Gasteiger partial charge is 0.290 e. The van der Waals surface area contributed by atoms with Crippen LogP contribution in [0.1, 0.15) is 32.1 Å². The number of nitrogens with zero attached hydrogens (tertiary/aromatic N) is 3. The van der Waals surface area contributed by atoms with Crippen LogP contribution in [0.4, 0.5) is 0 Å². The van der Waals surface area contributed by atoms with E-state index in [1.54, 1.807) is 16.8 Å². The van der Waals surface area contributed by atoms with E-state index in [0.717, 1.165) is 39.0 Å². The predicted molar refractivity (Wildman–Crippen MR) is 107 cm³/mol. The van der Waals surface area contributed by atoms with Gasteiger partial charge in [0.1, 0.15) is 0 Å². The van der Waals surface area contributed by atoms with Gasteiger partial charge in [0.2, 0.25) is 5.91 Å². The molecule has 8 heteroatoms. The number of carbonyl (C=O) groups is 2. The molecule has 0 aromatic carbocycles. The first-order chi connectivity index (χ1) is 14.0. The van der Waals surface area contributed by atoms with Crippen molar-refractivity contribution in [1.82, 2.24) is 14.4 Å². The molecular weight excluding hydrogens is 374 g/mol. The van der Waals surface area contributed by atoms with E-state index in [0.29, 0.717) is 24.8 Å². The molecule has 0 spiro atoms. The molecule has 0 bridgehead atoms. The Balaban J connectivity index is 0.000000755. The molecule has 0 radical (unpaired) electrons. The monoisotopic (exact) mass is 405 g/mol. The molecule has 1 aromatic rings. The van der Waals surface area contributed by atoms with Gasteiger partial charge < -0.3 is 19.7 Å². The summed E-state index contributed by atoms with van der Waals surface area (Å²) in [6.45, 7) is 3.96. The lowest BCUT2D eigenvalue weighted by Gasteiger charge is -2.40. The highest BCUT2D eigenvalue weighted by Crippen LogP contribution is 2.39. The molecule has 2 saturated heterocycles. The Morgan fingerprint density at radius 1 is 1.14 bits per heavy atom. The van der Waals surface area contributed by atoms with Crippen LogP contribution in [0.15, 0.2) is 29.2 Å². The van der Waals surface area contributed by atoms with Crippen LogP contribution >= 0.6 is 0 Å². The average Bonchev–Trinajstić information content (AvgIpc) is 3.36. The normalized spacial score (nSPS) is 29.1. The van der Waals surface area contributed by atoms with E-state index in [-0.39, 0.29) is 30.1 Å².